The van der Waals surface area contributed by atoms with Crippen LogP contribution in [0, 0.1) is 5.92 Å². The summed E-state index contributed by atoms with van der Waals surface area (Å²) in [5.74, 6) is -3.67. The van der Waals surface area contributed by atoms with Gasteiger partial charge in [-0.1, -0.05) is 13.8 Å². The minimum atomic E-state index is -5.08. The van der Waals surface area contributed by atoms with Gasteiger partial charge in [-0.25, -0.2) is 4.79 Å². The number of rotatable bonds is 2. The Morgan fingerprint density at radius 3 is 1.47 bits per heavy atom. The van der Waals surface area contributed by atoms with Crippen molar-refractivity contribution in [2.45, 2.75) is 26.1 Å². The predicted octanol–water partition coefficient (Wildman–Crippen LogP) is 0.688. The maximum Gasteiger partial charge on any atom is 0.490 e. The molecule has 15 heavy (non-hydrogen) atoms. The average molecular weight is 231 g/mol. The van der Waals surface area contributed by atoms with Gasteiger partial charge in [0, 0.05) is 0 Å². The second-order valence-corrected chi connectivity index (χ2v) is 2.91. The second-order valence-electron chi connectivity index (χ2n) is 2.91. The minimum absolute atomic E-state index is 0.0208. The monoisotopic (exact) mass is 231 g/mol. The predicted molar refractivity (Wildman–Crippen MR) is 44.1 cm³/mol. The van der Waals surface area contributed by atoms with Crippen molar-refractivity contribution in [2.75, 3.05) is 0 Å². The highest BCUT2D eigenvalue weighted by Crippen LogP contribution is 2.13. The Morgan fingerprint density at radius 2 is 1.47 bits per heavy atom. The molecule has 0 fully saturated rings. The molecular formula is C7H12F3NO4. The Kier molecular flexibility index (Phi) is 6.70. The molecule has 0 aromatic rings. The van der Waals surface area contributed by atoms with Gasteiger partial charge >= 0.3 is 18.1 Å². The summed E-state index contributed by atoms with van der Waals surface area (Å²) in [5, 5.41) is 15.4. The van der Waals surface area contributed by atoms with Crippen LogP contribution < -0.4 is 5.73 Å². The smallest absolute Gasteiger partial charge is 0.480 e. The fraction of sp³-hybridized carbons (Fsp3) is 0.714. The number of aliphatic carboxylic acids is 2. The van der Waals surface area contributed by atoms with Crippen LogP contribution in [0.3, 0.4) is 0 Å². The van der Waals surface area contributed by atoms with Gasteiger partial charge in [-0.2, -0.15) is 13.2 Å². The summed E-state index contributed by atoms with van der Waals surface area (Å²) in [6, 6.07) is -0.713. The van der Waals surface area contributed by atoms with Crippen molar-refractivity contribution >= 4 is 11.9 Å². The highest BCUT2D eigenvalue weighted by atomic mass is 19.4. The highest BCUT2D eigenvalue weighted by molar-refractivity contribution is 5.73. The molecular weight excluding hydrogens is 219 g/mol. The first-order valence-electron chi connectivity index (χ1n) is 3.78. The van der Waals surface area contributed by atoms with E-state index in [2.05, 4.69) is 0 Å². The summed E-state index contributed by atoms with van der Waals surface area (Å²) in [7, 11) is 0. The molecule has 0 rings (SSSR count). The molecule has 0 aliphatic rings. The molecule has 0 heterocycles. The Hall–Kier alpha value is -1.31. The van der Waals surface area contributed by atoms with E-state index >= 15 is 0 Å². The van der Waals surface area contributed by atoms with E-state index in [9.17, 15) is 18.0 Å². The van der Waals surface area contributed by atoms with Gasteiger partial charge in [0.05, 0.1) is 0 Å². The Labute approximate surface area is 83.7 Å². The normalized spacial score (nSPS) is 12.7. The van der Waals surface area contributed by atoms with Crippen molar-refractivity contribution in [3.05, 3.63) is 0 Å². The zero-order chi connectivity index (χ0) is 12.8. The summed E-state index contributed by atoms with van der Waals surface area (Å²) in [4.78, 5) is 18.9. The van der Waals surface area contributed by atoms with Crippen LogP contribution in [-0.2, 0) is 9.59 Å². The van der Waals surface area contributed by atoms with Crippen molar-refractivity contribution in [1.82, 2.24) is 0 Å². The Balaban J connectivity index is 0. The third-order valence-electron chi connectivity index (χ3n) is 1.25. The lowest BCUT2D eigenvalue weighted by atomic mass is 10.1. The SMILES string of the molecule is CC(C)[C@H](N)C(=O)O.O=C(O)C(F)(F)F. The van der Waals surface area contributed by atoms with Gasteiger partial charge in [0.1, 0.15) is 6.04 Å². The highest BCUT2D eigenvalue weighted by Gasteiger charge is 2.38. The lowest BCUT2D eigenvalue weighted by molar-refractivity contribution is -0.192. The van der Waals surface area contributed by atoms with Crippen LogP contribution in [0.5, 0.6) is 0 Å². The first-order chi connectivity index (χ1) is 6.50. The van der Waals surface area contributed by atoms with Crippen LogP contribution in [0.4, 0.5) is 13.2 Å². The maximum atomic E-state index is 10.6. The molecule has 0 aliphatic carbocycles. The van der Waals surface area contributed by atoms with Crippen LogP contribution in [0.1, 0.15) is 13.8 Å². The van der Waals surface area contributed by atoms with E-state index in [1.807, 2.05) is 0 Å². The molecule has 0 radical (unpaired) electrons. The number of nitrogens with two attached hydrogens (primary N) is 1. The molecule has 0 bridgehead atoms. The van der Waals surface area contributed by atoms with Gasteiger partial charge in [-0.3, -0.25) is 4.79 Å². The molecule has 8 heteroatoms. The lowest BCUT2D eigenvalue weighted by Crippen LogP contribution is -2.34. The zero-order valence-corrected chi connectivity index (χ0v) is 8.08. The topological polar surface area (TPSA) is 101 Å². The quantitative estimate of drug-likeness (QED) is 0.649. The standard InChI is InChI=1S/C5H11NO2.C2HF3O2/c1-3(2)4(6)5(7)8;3-2(4,5)1(6)7/h3-4H,6H2,1-2H3,(H,7,8);(H,6,7)/t4-;/m0./s1. The molecule has 5 nitrogen and oxygen atoms in total. The number of hydrogen-bond donors (Lipinski definition) is 3. The van der Waals surface area contributed by atoms with Crippen LogP contribution >= 0.6 is 0 Å². The number of alkyl halides is 3. The molecule has 0 aliphatic heterocycles. The summed E-state index contributed by atoms with van der Waals surface area (Å²) in [6.07, 6.45) is -5.08. The van der Waals surface area contributed by atoms with E-state index in [0.29, 0.717) is 0 Å². The molecule has 0 saturated carbocycles. The van der Waals surface area contributed by atoms with Crippen molar-refractivity contribution in [2.24, 2.45) is 11.7 Å². The number of carboxylic acid groups (broad SMARTS) is 2. The third-order valence-corrected chi connectivity index (χ3v) is 1.25. The van der Waals surface area contributed by atoms with Gasteiger partial charge in [-0.05, 0) is 5.92 Å². The summed E-state index contributed by atoms with van der Waals surface area (Å²) < 4.78 is 31.7. The van der Waals surface area contributed by atoms with Crippen LogP contribution in [-0.4, -0.2) is 34.4 Å². The minimum Gasteiger partial charge on any atom is -0.480 e. The van der Waals surface area contributed by atoms with E-state index < -0.39 is 24.2 Å². The van der Waals surface area contributed by atoms with Gasteiger partial charge < -0.3 is 15.9 Å². The zero-order valence-electron chi connectivity index (χ0n) is 8.08. The summed E-state index contributed by atoms with van der Waals surface area (Å²) in [6.45, 7) is 3.55. The molecule has 1 atom stereocenters. The Morgan fingerprint density at radius 1 is 1.20 bits per heavy atom. The maximum absolute atomic E-state index is 10.6. The molecule has 0 amide bonds. The lowest BCUT2D eigenvalue weighted by Gasteiger charge is -2.07. The van der Waals surface area contributed by atoms with Crippen molar-refractivity contribution in [3.8, 4) is 0 Å². The van der Waals surface area contributed by atoms with Crippen molar-refractivity contribution in [3.63, 3.8) is 0 Å². The van der Waals surface area contributed by atoms with Crippen LogP contribution in [0.25, 0.3) is 0 Å². The van der Waals surface area contributed by atoms with E-state index in [-0.39, 0.29) is 5.92 Å². The van der Waals surface area contributed by atoms with Crippen LogP contribution in [0.2, 0.25) is 0 Å². The van der Waals surface area contributed by atoms with Gasteiger partial charge in [0.15, 0.2) is 0 Å². The molecule has 0 aromatic carbocycles. The molecule has 0 unspecified atom stereocenters. The van der Waals surface area contributed by atoms with Gasteiger partial charge in [0.25, 0.3) is 0 Å². The number of carbonyl (C=O) groups is 2. The number of halogens is 3. The first-order valence-corrected chi connectivity index (χ1v) is 3.78. The fourth-order valence-electron chi connectivity index (χ4n) is 0.285. The molecule has 4 N–H and O–H groups in total. The summed E-state index contributed by atoms with van der Waals surface area (Å²) in [5.41, 5.74) is 5.16. The average Bonchev–Trinajstić information content (AvgIpc) is 2.01. The van der Waals surface area contributed by atoms with E-state index in [1.165, 1.54) is 0 Å². The first kappa shape index (κ1) is 16.1. The fourth-order valence-corrected chi connectivity index (χ4v) is 0.285. The number of carboxylic acids is 2. The molecule has 0 spiro atoms. The molecule has 0 aromatic heterocycles. The van der Waals surface area contributed by atoms with Crippen LogP contribution in [0.15, 0.2) is 0 Å². The Bertz CT molecular complexity index is 227. The largest absolute Gasteiger partial charge is 0.490 e. The molecule has 0 saturated heterocycles. The molecule has 90 valence electrons. The van der Waals surface area contributed by atoms with E-state index in [1.54, 1.807) is 13.8 Å². The van der Waals surface area contributed by atoms with Crippen molar-refractivity contribution in [1.29, 1.82) is 0 Å². The summed E-state index contributed by atoms with van der Waals surface area (Å²) >= 11 is 0. The van der Waals surface area contributed by atoms with E-state index in [0.717, 1.165) is 0 Å². The number of hydrogen-bond acceptors (Lipinski definition) is 3. The van der Waals surface area contributed by atoms with Gasteiger partial charge in [-0.15, -0.1) is 0 Å². The second kappa shape index (κ2) is 6.23. The third kappa shape index (κ3) is 9.01. The van der Waals surface area contributed by atoms with E-state index in [4.69, 9.17) is 20.7 Å². The van der Waals surface area contributed by atoms with Crippen molar-refractivity contribution < 1.29 is 33.0 Å². The van der Waals surface area contributed by atoms with Gasteiger partial charge in [0.2, 0.25) is 0 Å².